The molecular formula is C107H204N6O28. The largest absolute Gasteiger partial charge is 0.481 e. The van der Waals surface area contributed by atoms with E-state index < -0.39 is 11.9 Å². The molecule has 0 aromatic heterocycles. The number of nitrogens with one attached hydrogen (secondary N) is 3. The van der Waals surface area contributed by atoms with Crippen LogP contribution in [0.2, 0.25) is 0 Å². The zero-order chi connectivity index (χ0) is 102. The second kappa shape index (κ2) is 115. The Bertz CT molecular complexity index is 2880. The number of ketones is 6. The van der Waals surface area contributed by atoms with Gasteiger partial charge in [-0.3, -0.25) is 67.1 Å². The molecule has 141 heavy (non-hydrogen) atoms. The van der Waals surface area contributed by atoms with Gasteiger partial charge in [0.2, 0.25) is 35.4 Å². The van der Waals surface area contributed by atoms with Gasteiger partial charge < -0.3 is 97.7 Å². The van der Waals surface area contributed by atoms with Crippen LogP contribution in [0.15, 0.2) is 0 Å². The van der Waals surface area contributed by atoms with Crippen LogP contribution in [-0.2, 0) is 124 Å². The molecule has 0 saturated heterocycles. The van der Waals surface area contributed by atoms with Crippen LogP contribution in [0, 0.1) is 0 Å². The molecule has 0 bridgehead atoms. The van der Waals surface area contributed by atoms with Crippen LogP contribution in [0.25, 0.3) is 0 Å². The van der Waals surface area contributed by atoms with E-state index >= 15 is 0 Å². The van der Waals surface area contributed by atoms with Gasteiger partial charge in [0.1, 0.15) is 34.7 Å². The molecule has 0 aliphatic rings. The van der Waals surface area contributed by atoms with Crippen LogP contribution in [0.5, 0.6) is 0 Å². The Kier molecular flexibility index (Phi) is 118. The third kappa shape index (κ3) is 122. The fourth-order valence-corrected chi connectivity index (χ4v) is 13.7. The van der Waals surface area contributed by atoms with E-state index in [9.17, 15) is 67.1 Å². The van der Waals surface area contributed by atoms with Crippen LogP contribution in [0.3, 0.4) is 0 Å². The van der Waals surface area contributed by atoms with Gasteiger partial charge in [0.25, 0.3) is 0 Å². The van der Waals surface area contributed by atoms with Crippen molar-refractivity contribution >= 4 is 82.1 Å². The molecule has 0 aliphatic carbocycles. The summed E-state index contributed by atoms with van der Waals surface area (Å²) in [6, 6.07) is 0. The number of amides is 6. The van der Waals surface area contributed by atoms with Crippen LogP contribution in [0.1, 0.15) is 392 Å². The average molecular weight is 2020 g/mol. The van der Waals surface area contributed by atoms with Crippen molar-refractivity contribution in [3.8, 4) is 0 Å². The highest BCUT2D eigenvalue weighted by Crippen LogP contribution is 2.17. The van der Waals surface area contributed by atoms with Crippen molar-refractivity contribution in [2.45, 2.75) is 392 Å². The van der Waals surface area contributed by atoms with Gasteiger partial charge in [-0.2, -0.15) is 0 Å². The number of nitrogens with zero attached hydrogens (tertiary/aromatic N) is 3. The minimum atomic E-state index is -0.730. The summed E-state index contributed by atoms with van der Waals surface area (Å²) in [5.41, 5.74) is 0. The zero-order valence-electron chi connectivity index (χ0n) is 87.0. The van der Waals surface area contributed by atoms with Gasteiger partial charge in [-0.25, -0.2) is 0 Å². The van der Waals surface area contributed by atoms with Gasteiger partial charge in [0, 0.05) is 149 Å². The summed E-state index contributed by atoms with van der Waals surface area (Å²) in [6.07, 6.45) is 44.1. The van der Waals surface area contributed by atoms with Gasteiger partial charge in [-0.05, 0) is 106 Å². The van der Waals surface area contributed by atoms with Crippen molar-refractivity contribution in [1.82, 2.24) is 30.7 Å². The SMILES string of the molecule is C.C.C.CC(=O)CCOCCOCCN(CCOCCOCCC(C)=O)C(=O)CCCCNC(=O)CCCCCCCCCCC(=O)O.CC(=O)CCOCCOCCN(CCOCCOCCC(C)=O)C(=O)CCCCNC(=O)CCCCCCCCCCCCCCCCC(=O)O.CCCCCCCCCCCC(=O)NCCCC(=O)N(CCOCCOCCC(C)=O)CCOCCOCCC(C)=O. The lowest BCUT2D eigenvalue weighted by atomic mass is 10.0. The Labute approximate surface area is 852 Å². The minimum absolute atomic E-state index is 0. The minimum Gasteiger partial charge on any atom is -0.481 e. The summed E-state index contributed by atoms with van der Waals surface area (Å²) in [5, 5.41) is 26.2. The third-order valence-electron chi connectivity index (χ3n) is 22.2. The maximum Gasteiger partial charge on any atom is 0.303 e. The molecule has 0 heterocycles. The summed E-state index contributed by atoms with van der Waals surface area (Å²) >= 11 is 0. The number of Topliss-reactive ketones (excluding diaryl/α,β-unsaturated/α-hetero) is 6. The predicted octanol–water partition coefficient (Wildman–Crippen LogP) is 17.1. The van der Waals surface area contributed by atoms with Crippen LogP contribution in [-0.4, -0.2) is 324 Å². The van der Waals surface area contributed by atoms with Crippen molar-refractivity contribution in [2.24, 2.45) is 0 Å². The normalized spacial score (nSPS) is 10.8. The molecule has 5 N–H and O–H groups in total. The second-order valence-corrected chi connectivity index (χ2v) is 35.4. The molecule has 0 unspecified atom stereocenters. The number of carbonyl (C=O) groups is 14. The van der Waals surface area contributed by atoms with E-state index in [1.165, 1.54) is 144 Å². The first kappa shape index (κ1) is 145. The molecule has 0 aliphatic heterocycles. The Morgan fingerprint density at radius 3 is 0.525 bits per heavy atom. The van der Waals surface area contributed by atoms with E-state index in [-0.39, 0.29) is 98.8 Å². The molecule has 0 aromatic carbocycles. The first-order valence-electron chi connectivity index (χ1n) is 52.8. The highest BCUT2D eigenvalue weighted by molar-refractivity contribution is 5.80. The molecule has 34 heteroatoms. The van der Waals surface area contributed by atoms with Crippen molar-refractivity contribution < 1.29 is 134 Å². The molecule has 0 spiro atoms. The zero-order valence-corrected chi connectivity index (χ0v) is 87.0. The maximum atomic E-state index is 13.0. The second-order valence-electron chi connectivity index (χ2n) is 35.4. The van der Waals surface area contributed by atoms with Gasteiger partial charge in [-0.15, -0.1) is 0 Å². The van der Waals surface area contributed by atoms with E-state index in [0.29, 0.717) is 320 Å². The number of carboxylic acids is 2. The quantitative estimate of drug-likeness (QED) is 0.0353. The number of carbonyl (C=O) groups excluding carboxylic acids is 12. The van der Waals surface area contributed by atoms with E-state index in [4.69, 9.17) is 67.1 Å². The van der Waals surface area contributed by atoms with Gasteiger partial charge in [0.05, 0.1) is 159 Å². The lowest BCUT2D eigenvalue weighted by molar-refractivity contribution is -0.138. The predicted molar refractivity (Wildman–Crippen MR) is 555 cm³/mol. The topological polar surface area (TPSA) is 436 Å². The first-order chi connectivity index (χ1) is 66.8. The Balaban J connectivity index is -0.000000482. The summed E-state index contributed by atoms with van der Waals surface area (Å²) < 4.78 is 65.9. The van der Waals surface area contributed by atoms with Crippen molar-refractivity contribution in [1.29, 1.82) is 0 Å². The van der Waals surface area contributed by atoms with E-state index in [0.717, 1.165) is 109 Å². The molecular weight excluding hydrogens is 1820 g/mol. The molecule has 34 nitrogen and oxygen atoms in total. The fraction of sp³-hybridized carbons (Fsp3) is 0.869. The first-order valence-corrected chi connectivity index (χ1v) is 52.8. The number of rotatable bonds is 106. The molecule has 6 amide bonds. The Hall–Kier alpha value is -6.70. The van der Waals surface area contributed by atoms with Gasteiger partial charge >= 0.3 is 11.9 Å². The lowest BCUT2D eigenvalue weighted by Gasteiger charge is -2.23. The smallest absolute Gasteiger partial charge is 0.303 e. The van der Waals surface area contributed by atoms with Crippen LogP contribution >= 0.6 is 0 Å². The van der Waals surface area contributed by atoms with Crippen molar-refractivity contribution in [3.05, 3.63) is 0 Å². The number of unbranched alkanes of at least 4 members (excludes halogenated alkanes) is 30. The number of carboxylic acid groups (broad SMARTS) is 2. The molecule has 0 radical (unpaired) electrons. The molecule has 0 aromatic rings. The summed E-state index contributed by atoms with van der Waals surface area (Å²) in [6.45, 7) is 24.7. The van der Waals surface area contributed by atoms with Gasteiger partial charge in [0.15, 0.2) is 0 Å². The number of ether oxygens (including phenoxy) is 12. The molecule has 0 atom stereocenters. The summed E-state index contributed by atoms with van der Waals surface area (Å²) in [7, 11) is 0. The van der Waals surface area contributed by atoms with Crippen molar-refractivity contribution in [3.63, 3.8) is 0 Å². The standard InChI is InChI=1S/C39H72N2O10.C33H60N2O10.C32H60N2O8.3CH4/c1-35(42)22-27-48-31-33-50-29-25-41(26-30-51-34-32-49-28-23-36(2)43)38(45)20-17-18-24-40-37(44)19-15-13-11-9-7-5-3-4-6-8-10-12-14-16-21-39(46)47;1-29(36)16-21-42-25-27-44-23-19-35(20-24-45-28-26-43-22-17-30(2)37)32(39)14-11-12-18-34-31(38)13-9-7-5-3-4-6-8-10-15-33(40)41;1-4-5-6-7-8-9-10-11-12-14-31(37)33-18-13-15-32(38)34(19-23-41-27-25-39-21-16-29(2)35)20-24-42-28-26-40-22-17-30(3)36;;;/h3-34H2,1-2H3,(H,40,44)(H,46,47);3-28H2,1-2H3,(H,34,38)(H,40,41);4-28H2,1-3H3,(H,33,37);3*1H4. The average Bonchev–Trinajstić information content (AvgIpc) is 0.945. The highest BCUT2D eigenvalue weighted by Gasteiger charge is 2.19. The molecule has 830 valence electrons. The van der Waals surface area contributed by atoms with E-state index in [1.54, 1.807) is 14.7 Å². The molecule has 0 saturated carbocycles. The van der Waals surface area contributed by atoms with E-state index in [2.05, 4.69) is 22.9 Å². The monoisotopic (exact) mass is 2020 g/mol. The van der Waals surface area contributed by atoms with Crippen LogP contribution in [0.4, 0.5) is 0 Å². The molecule has 0 fully saturated rings. The summed E-state index contributed by atoms with van der Waals surface area (Å²) in [5.74, 6) is -0.706. The number of hydrogen-bond donors (Lipinski definition) is 5. The van der Waals surface area contributed by atoms with Gasteiger partial charge in [-0.1, -0.05) is 196 Å². The maximum absolute atomic E-state index is 13.0. The highest BCUT2D eigenvalue weighted by atomic mass is 16.5. The fourth-order valence-electron chi connectivity index (χ4n) is 13.7. The number of hydrogen-bond acceptors (Lipinski definition) is 26. The van der Waals surface area contributed by atoms with Crippen LogP contribution < -0.4 is 16.0 Å². The lowest BCUT2D eigenvalue weighted by Crippen LogP contribution is -2.37. The Morgan fingerprint density at radius 1 is 0.184 bits per heavy atom. The van der Waals surface area contributed by atoms with Crippen molar-refractivity contribution in [2.75, 3.05) is 217 Å². The van der Waals surface area contributed by atoms with E-state index in [1.807, 2.05) is 0 Å². The number of aliphatic carboxylic acids is 2. The third-order valence-corrected chi connectivity index (χ3v) is 22.2. The molecule has 0 rings (SSSR count). The summed E-state index contributed by atoms with van der Waals surface area (Å²) in [4.78, 5) is 167. The Morgan fingerprint density at radius 2 is 0.340 bits per heavy atom.